The van der Waals surface area contributed by atoms with E-state index in [4.69, 9.17) is 24.4 Å². The summed E-state index contributed by atoms with van der Waals surface area (Å²) in [6.07, 6.45) is 3.69. The van der Waals surface area contributed by atoms with Crippen molar-refractivity contribution in [2.75, 3.05) is 30.4 Å². The third kappa shape index (κ3) is 4.53. The second-order valence-corrected chi connectivity index (χ2v) is 7.16. The van der Waals surface area contributed by atoms with Gasteiger partial charge in [0.05, 0.1) is 20.4 Å². The van der Waals surface area contributed by atoms with Crippen molar-refractivity contribution in [3.8, 4) is 0 Å². The van der Waals surface area contributed by atoms with E-state index in [0.717, 1.165) is 33.5 Å². The monoisotopic (exact) mass is 298 g/mol. The highest BCUT2D eigenvalue weighted by Crippen LogP contribution is 2.35. The second kappa shape index (κ2) is 6.80. The number of anilines is 2. The molecule has 19 heavy (non-hydrogen) atoms. The van der Waals surface area contributed by atoms with Crippen LogP contribution in [0.25, 0.3) is 0 Å². The molecule has 0 aromatic heterocycles. The van der Waals surface area contributed by atoms with Crippen molar-refractivity contribution in [1.29, 1.82) is 0 Å². The quantitative estimate of drug-likeness (QED) is 0.556. The van der Waals surface area contributed by atoms with E-state index in [-0.39, 0.29) is 0 Å². The van der Waals surface area contributed by atoms with Gasteiger partial charge in [-0.1, -0.05) is 51.6 Å². The van der Waals surface area contributed by atoms with E-state index < -0.39 is 0 Å². The fourth-order valence-electron chi connectivity index (χ4n) is 2.06. The molecule has 4 heteroatoms. The molecule has 1 N–H and O–H groups in total. The predicted octanol–water partition coefficient (Wildman–Crippen LogP) is 5.11. The van der Waals surface area contributed by atoms with Crippen molar-refractivity contribution < 1.29 is 0 Å². The van der Waals surface area contributed by atoms with Crippen LogP contribution in [-0.4, -0.2) is 20.1 Å². The predicted molar refractivity (Wildman–Crippen MR) is 91.2 cm³/mol. The lowest BCUT2D eigenvalue weighted by atomic mass is 9.90. The lowest BCUT2D eigenvalue weighted by Gasteiger charge is -2.25. The summed E-state index contributed by atoms with van der Waals surface area (Å²) in [6.45, 7) is 10.9. The Labute approximate surface area is 127 Å². The van der Waals surface area contributed by atoms with E-state index in [2.05, 4.69) is 45.0 Å². The molecule has 0 atom stereocenters. The van der Waals surface area contributed by atoms with Crippen LogP contribution >= 0.6 is 24.4 Å². The van der Waals surface area contributed by atoms with Gasteiger partial charge in [0.1, 0.15) is 0 Å². The van der Waals surface area contributed by atoms with Gasteiger partial charge < -0.3 is 10.2 Å². The fraction of sp³-hybridized carbons (Fsp3) is 0.733. The van der Waals surface area contributed by atoms with Gasteiger partial charge in [0.25, 0.3) is 0 Å². The summed E-state index contributed by atoms with van der Waals surface area (Å²) in [7, 11) is 2.06. The Morgan fingerprint density at radius 3 is 2.26 bits per heavy atom. The van der Waals surface area contributed by atoms with Gasteiger partial charge in [0.15, 0.2) is 0 Å². The third-order valence-corrected chi connectivity index (χ3v) is 4.33. The summed E-state index contributed by atoms with van der Waals surface area (Å²) in [5.74, 6) is 0. The molecule has 0 heterocycles. The molecule has 0 saturated heterocycles. The Morgan fingerprint density at radius 1 is 1.11 bits per heavy atom. The van der Waals surface area contributed by atoms with Gasteiger partial charge in [0.2, 0.25) is 0 Å². The molecule has 0 radical (unpaired) electrons. The number of hydrogen-bond donors (Lipinski definition) is 1. The number of hydrogen-bond acceptors (Lipinski definition) is 4. The zero-order valence-corrected chi connectivity index (χ0v) is 14.4. The first-order valence-electron chi connectivity index (χ1n) is 7.06. The fourth-order valence-corrected chi connectivity index (χ4v) is 2.69. The van der Waals surface area contributed by atoms with Crippen molar-refractivity contribution in [3.05, 3.63) is 9.02 Å². The molecule has 0 aliphatic carbocycles. The summed E-state index contributed by atoms with van der Waals surface area (Å²) in [4.78, 5) is 2.16. The first-order valence-corrected chi connectivity index (χ1v) is 7.88. The smallest absolute Gasteiger partial charge is 0.0834 e. The minimum atomic E-state index is 0.431. The van der Waals surface area contributed by atoms with Crippen LogP contribution in [0.3, 0.4) is 0 Å². The maximum absolute atomic E-state index is 5.32. The Bertz CT molecular complexity index is 479. The summed E-state index contributed by atoms with van der Waals surface area (Å²) < 4.78 is 1.68. The van der Waals surface area contributed by atoms with Gasteiger partial charge in [-0.2, -0.15) is 0 Å². The number of unbranched alkanes of at least 4 members (excludes halogenated alkanes) is 1. The lowest BCUT2D eigenvalue weighted by Crippen LogP contribution is -2.21. The van der Waals surface area contributed by atoms with Gasteiger partial charge in [0, 0.05) is 20.1 Å². The van der Waals surface area contributed by atoms with Gasteiger partial charge in [-0.25, -0.2) is 0 Å². The van der Waals surface area contributed by atoms with Crippen molar-refractivity contribution in [3.63, 3.8) is 0 Å². The van der Waals surface area contributed by atoms with Crippen LogP contribution in [0.5, 0.6) is 0 Å². The van der Waals surface area contributed by atoms with Crippen LogP contribution in [0.2, 0.25) is 0 Å². The first-order chi connectivity index (χ1) is 8.78. The minimum absolute atomic E-state index is 0.431. The van der Waals surface area contributed by atoms with Crippen LogP contribution in [0.4, 0.5) is 11.4 Å². The molecule has 0 amide bonds. The van der Waals surface area contributed by atoms with Gasteiger partial charge in [-0.05, 0) is 25.2 Å². The summed E-state index contributed by atoms with van der Waals surface area (Å²) >= 11 is 10.6. The molecule has 0 unspecified atom stereocenters. The van der Waals surface area contributed by atoms with Crippen molar-refractivity contribution in [2.45, 2.75) is 47.0 Å². The van der Waals surface area contributed by atoms with Gasteiger partial charge >= 0.3 is 0 Å². The normalized spacial score (nSPS) is 11.8. The zero-order chi connectivity index (χ0) is 14.6. The molecule has 0 aliphatic heterocycles. The van der Waals surface area contributed by atoms with E-state index in [1.807, 2.05) is 0 Å². The highest BCUT2D eigenvalue weighted by molar-refractivity contribution is 7.74. The largest absolute Gasteiger partial charge is 0.382 e. The van der Waals surface area contributed by atoms with E-state index in [9.17, 15) is 0 Å². The molecular formula is C15H26N2S2. The Hall–Kier alpha value is -0.480. The van der Waals surface area contributed by atoms with Crippen molar-refractivity contribution >= 4 is 35.8 Å². The van der Waals surface area contributed by atoms with Crippen LogP contribution in [-0.2, 0) is 0 Å². The van der Waals surface area contributed by atoms with E-state index in [0.29, 0.717) is 5.41 Å². The average molecular weight is 299 g/mol. The molecule has 2 nitrogen and oxygen atoms in total. The molecule has 1 aromatic rings. The minimum Gasteiger partial charge on any atom is -0.382 e. The second-order valence-electron chi connectivity index (χ2n) is 6.34. The molecular weight excluding hydrogens is 272 g/mol. The molecule has 0 aliphatic rings. The number of rotatable bonds is 7. The Morgan fingerprint density at radius 2 is 1.74 bits per heavy atom. The molecule has 108 valence electrons. The Balaban J connectivity index is 2.45. The molecule has 0 fully saturated rings. The van der Waals surface area contributed by atoms with Crippen LogP contribution < -0.4 is 10.2 Å². The zero-order valence-electron chi connectivity index (χ0n) is 12.8. The average Bonchev–Trinajstić information content (AvgIpc) is 2.34. The first kappa shape index (κ1) is 16.6. The van der Waals surface area contributed by atoms with Crippen LogP contribution in [0, 0.1) is 14.4 Å². The standard InChI is InChI=1S/C15H26N2S2/c1-6-17(5)12-11(13(18)14(12)19)16-10-8-7-9-15(2,3)4/h16H,6-10H2,1-5H3. The van der Waals surface area contributed by atoms with Gasteiger partial charge in [-0.15, -0.1) is 0 Å². The highest BCUT2D eigenvalue weighted by atomic mass is 32.1. The van der Waals surface area contributed by atoms with Crippen molar-refractivity contribution in [1.82, 2.24) is 0 Å². The summed E-state index contributed by atoms with van der Waals surface area (Å²) in [5, 5.41) is 3.46. The third-order valence-electron chi connectivity index (χ3n) is 3.40. The highest BCUT2D eigenvalue weighted by Gasteiger charge is 2.17. The lowest BCUT2D eigenvalue weighted by molar-refractivity contribution is 0.362. The summed E-state index contributed by atoms with van der Waals surface area (Å²) in [6, 6.07) is 0. The molecule has 0 saturated carbocycles. The molecule has 0 spiro atoms. The van der Waals surface area contributed by atoms with Crippen LogP contribution in [0.15, 0.2) is 0 Å². The number of nitrogens with zero attached hydrogens (tertiary/aromatic N) is 1. The Kier molecular flexibility index (Phi) is 5.93. The molecule has 1 rings (SSSR count). The van der Waals surface area contributed by atoms with E-state index in [1.54, 1.807) is 0 Å². The topological polar surface area (TPSA) is 15.3 Å². The van der Waals surface area contributed by atoms with Crippen LogP contribution in [0.1, 0.15) is 47.0 Å². The van der Waals surface area contributed by atoms with E-state index >= 15 is 0 Å². The maximum Gasteiger partial charge on any atom is 0.0834 e. The summed E-state index contributed by atoms with van der Waals surface area (Å²) in [5.41, 5.74) is 2.64. The van der Waals surface area contributed by atoms with Gasteiger partial charge in [-0.3, -0.25) is 0 Å². The van der Waals surface area contributed by atoms with E-state index in [1.165, 1.54) is 19.3 Å². The molecule has 1 aromatic carbocycles. The van der Waals surface area contributed by atoms with Crippen molar-refractivity contribution in [2.24, 2.45) is 5.41 Å². The SMILES string of the molecule is CCN(C)c1c(NCCCCC(C)(C)C)c(=S)c1=S. The maximum atomic E-state index is 5.32. The number of nitrogens with one attached hydrogen (secondary N) is 1. The molecule has 0 bridgehead atoms.